The number of carbonyl (C=O) groups is 1. The van der Waals surface area contributed by atoms with Gasteiger partial charge in [-0.3, -0.25) is 0 Å². The number of methoxy groups -OCH3 is 1. The molecule has 0 saturated heterocycles. The maximum absolute atomic E-state index is 11.0. The molecule has 0 aliphatic heterocycles. The Hall–Kier alpha value is -2.30. The van der Waals surface area contributed by atoms with Gasteiger partial charge in [-0.2, -0.15) is 5.10 Å². The van der Waals surface area contributed by atoms with E-state index < -0.39 is 5.97 Å². The summed E-state index contributed by atoms with van der Waals surface area (Å²) in [6.07, 6.45) is 3.27. The van der Waals surface area contributed by atoms with Gasteiger partial charge in [0.2, 0.25) is 0 Å². The summed E-state index contributed by atoms with van der Waals surface area (Å²) < 4.78 is 6.55. The smallest absolute Gasteiger partial charge is 0.337 e. The first kappa shape index (κ1) is 10.2. The normalized spacial score (nSPS) is 10.1. The van der Waals surface area contributed by atoms with Crippen LogP contribution in [0.5, 0.6) is 5.75 Å². The predicted molar refractivity (Wildman–Crippen MR) is 57.1 cm³/mol. The van der Waals surface area contributed by atoms with E-state index in [0.717, 1.165) is 0 Å². The van der Waals surface area contributed by atoms with Gasteiger partial charge in [0.25, 0.3) is 0 Å². The summed E-state index contributed by atoms with van der Waals surface area (Å²) in [6.45, 7) is 0. The minimum Gasteiger partial charge on any atom is -0.497 e. The standard InChI is InChI=1S/C11H10N2O3/c1-16-8-3-4-9(11(14)15)10(7-8)13-6-2-5-12-13/h2-7H,1H3,(H,14,15). The number of ether oxygens (including phenoxy) is 1. The Kier molecular flexibility index (Phi) is 2.59. The lowest BCUT2D eigenvalue weighted by atomic mass is 10.1. The van der Waals surface area contributed by atoms with Crippen LogP contribution in [0, 0.1) is 0 Å². The van der Waals surface area contributed by atoms with Crippen LogP contribution in [0.3, 0.4) is 0 Å². The monoisotopic (exact) mass is 218 g/mol. The highest BCUT2D eigenvalue weighted by Crippen LogP contribution is 2.20. The van der Waals surface area contributed by atoms with Crippen molar-refractivity contribution in [3.05, 3.63) is 42.2 Å². The molecule has 2 aromatic rings. The predicted octanol–water partition coefficient (Wildman–Crippen LogP) is 1.58. The van der Waals surface area contributed by atoms with E-state index in [9.17, 15) is 4.79 Å². The number of rotatable bonds is 3. The Balaban J connectivity index is 2.59. The van der Waals surface area contributed by atoms with Gasteiger partial charge >= 0.3 is 5.97 Å². The summed E-state index contributed by atoms with van der Waals surface area (Å²) in [4.78, 5) is 11.0. The van der Waals surface area contributed by atoms with Crippen LogP contribution in [0.4, 0.5) is 0 Å². The molecule has 0 saturated carbocycles. The second-order valence-electron chi connectivity index (χ2n) is 3.14. The highest BCUT2D eigenvalue weighted by molar-refractivity contribution is 5.92. The van der Waals surface area contributed by atoms with E-state index in [1.54, 1.807) is 30.6 Å². The summed E-state index contributed by atoms with van der Waals surface area (Å²) >= 11 is 0. The number of nitrogens with zero attached hydrogens (tertiary/aromatic N) is 2. The van der Waals surface area contributed by atoms with Crippen LogP contribution >= 0.6 is 0 Å². The Labute approximate surface area is 91.9 Å². The molecule has 82 valence electrons. The highest BCUT2D eigenvalue weighted by atomic mass is 16.5. The van der Waals surface area contributed by atoms with E-state index in [-0.39, 0.29) is 5.56 Å². The zero-order valence-electron chi connectivity index (χ0n) is 8.62. The van der Waals surface area contributed by atoms with Gasteiger partial charge in [-0.05, 0) is 18.2 Å². The molecule has 0 spiro atoms. The quantitative estimate of drug-likeness (QED) is 0.849. The van der Waals surface area contributed by atoms with Crippen molar-refractivity contribution in [2.45, 2.75) is 0 Å². The molecule has 5 heteroatoms. The largest absolute Gasteiger partial charge is 0.497 e. The summed E-state index contributed by atoms with van der Waals surface area (Å²) in [5.41, 5.74) is 0.668. The van der Waals surface area contributed by atoms with Crippen molar-refractivity contribution in [3.63, 3.8) is 0 Å². The summed E-state index contributed by atoms with van der Waals surface area (Å²) in [5.74, 6) is -0.399. The number of hydrogen-bond acceptors (Lipinski definition) is 3. The lowest BCUT2D eigenvalue weighted by Crippen LogP contribution is -2.06. The Bertz CT molecular complexity index is 506. The van der Waals surface area contributed by atoms with Gasteiger partial charge in [-0.25, -0.2) is 9.48 Å². The third-order valence-corrected chi connectivity index (χ3v) is 2.19. The molecule has 1 N–H and O–H groups in total. The van der Waals surface area contributed by atoms with E-state index in [0.29, 0.717) is 11.4 Å². The molecule has 5 nitrogen and oxygen atoms in total. The molecule has 0 unspecified atom stereocenters. The first-order valence-corrected chi connectivity index (χ1v) is 4.63. The maximum atomic E-state index is 11.0. The number of carboxylic acid groups (broad SMARTS) is 1. The van der Waals surface area contributed by atoms with Gasteiger partial charge in [0, 0.05) is 18.5 Å². The van der Waals surface area contributed by atoms with Gasteiger partial charge in [0.1, 0.15) is 5.75 Å². The van der Waals surface area contributed by atoms with Crippen molar-refractivity contribution in [1.29, 1.82) is 0 Å². The van der Waals surface area contributed by atoms with Crippen LogP contribution in [-0.4, -0.2) is 28.0 Å². The molecule has 2 rings (SSSR count). The van der Waals surface area contributed by atoms with Crippen molar-refractivity contribution in [3.8, 4) is 11.4 Å². The maximum Gasteiger partial charge on any atom is 0.337 e. The Morgan fingerprint density at radius 3 is 2.88 bits per heavy atom. The number of aromatic carboxylic acids is 1. The average Bonchev–Trinajstić information content (AvgIpc) is 2.81. The van der Waals surface area contributed by atoms with E-state index in [2.05, 4.69) is 5.10 Å². The lowest BCUT2D eigenvalue weighted by molar-refractivity contribution is 0.0696. The van der Waals surface area contributed by atoms with Crippen molar-refractivity contribution >= 4 is 5.97 Å². The van der Waals surface area contributed by atoms with Crippen LogP contribution in [0.2, 0.25) is 0 Å². The summed E-state index contributed by atoms with van der Waals surface area (Å²) in [5, 5.41) is 13.0. The van der Waals surface area contributed by atoms with Crippen molar-refractivity contribution < 1.29 is 14.6 Å². The van der Waals surface area contributed by atoms with E-state index >= 15 is 0 Å². The van der Waals surface area contributed by atoms with Crippen LogP contribution in [0.15, 0.2) is 36.7 Å². The SMILES string of the molecule is COc1ccc(C(=O)O)c(-n2cccn2)c1. The molecule has 0 atom stereocenters. The fourth-order valence-electron chi connectivity index (χ4n) is 1.42. The molecule has 1 aromatic heterocycles. The Morgan fingerprint density at radius 1 is 1.50 bits per heavy atom. The van der Waals surface area contributed by atoms with Crippen molar-refractivity contribution in [2.75, 3.05) is 7.11 Å². The molecule has 1 aromatic carbocycles. The fourth-order valence-corrected chi connectivity index (χ4v) is 1.42. The first-order valence-electron chi connectivity index (χ1n) is 4.63. The zero-order chi connectivity index (χ0) is 11.5. The van der Waals surface area contributed by atoms with Crippen LogP contribution < -0.4 is 4.74 Å². The number of carboxylic acids is 1. The Morgan fingerprint density at radius 2 is 2.31 bits per heavy atom. The minimum atomic E-state index is -0.992. The molecule has 0 aliphatic carbocycles. The van der Waals surface area contributed by atoms with Crippen LogP contribution in [-0.2, 0) is 0 Å². The topological polar surface area (TPSA) is 64.3 Å². The van der Waals surface area contributed by atoms with Gasteiger partial charge in [-0.1, -0.05) is 0 Å². The molecule has 1 heterocycles. The third-order valence-electron chi connectivity index (χ3n) is 2.19. The molecule has 0 aliphatic rings. The van der Waals surface area contributed by atoms with Gasteiger partial charge < -0.3 is 9.84 Å². The first-order chi connectivity index (χ1) is 7.72. The number of benzene rings is 1. The average molecular weight is 218 g/mol. The van der Waals surface area contributed by atoms with E-state index in [4.69, 9.17) is 9.84 Å². The van der Waals surface area contributed by atoms with Crippen molar-refractivity contribution in [1.82, 2.24) is 9.78 Å². The second-order valence-corrected chi connectivity index (χ2v) is 3.14. The molecular weight excluding hydrogens is 208 g/mol. The molecule has 0 bridgehead atoms. The number of hydrogen-bond donors (Lipinski definition) is 1. The lowest BCUT2D eigenvalue weighted by Gasteiger charge is -2.08. The van der Waals surface area contributed by atoms with Gasteiger partial charge in [0.05, 0.1) is 18.4 Å². The third kappa shape index (κ3) is 1.75. The van der Waals surface area contributed by atoms with Gasteiger partial charge in [-0.15, -0.1) is 0 Å². The number of aromatic nitrogens is 2. The van der Waals surface area contributed by atoms with Crippen LogP contribution in [0.1, 0.15) is 10.4 Å². The summed E-state index contributed by atoms with van der Waals surface area (Å²) in [6, 6.07) is 6.47. The second kappa shape index (κ2) is 4.06. The van der Waals surface area contributed by atoms with E-state index in [1.165, 1.54) is 17.9 Å². The van der Waals surface area contributed by atoms with Gasteiger partial charge in [0.15, 0.2) is 0 Å². The molecule has 0 radical (unpaired) electrons. The molecular formula is C11H10N2O3. The summed E-state index contributed by atoms with van der Waals surface area (Å²) in [7, 11) is 1.53. The molecule has 0 fully saturated rings. The zero-order valence-corrected chi connectivity index (χ0v) is 8.62. The van der Waals surface area contributed by atoms with E-state index in [1.807, 2.05) is 0 Å². The molecule has 0 amide bonds. The van der Waals surface area contributed by atoms with Crippen LogP contribution in [0.25, 0.3) is 5.69 Å². The van der Waals surface area contributed by atoms with Crippen molar-refractivity contribution in [2.24, 2.45) is 0 Å². The minimum absolute atomic E-state index is 0.185. The highest BCUT2D eigenvalue weighted by Gasteiger charge is 2.12. The fraction of sp³-hybridized carbons (Fsp3) is 0.0909. The molecule has 16 heavy (non-hydrogen) atoms.